The second kappa shape index (κ2) is 12.6. The Bertz CT molecular complexity index is 603. The fraction of sp³-hybridized carbons (Fsp3) is 1.00. The first kappa shape index (κ1) is 25.8. The molecule has 0 radical (unpaired) electrons. The maximum Gasteiger partial charge on any atom is 0.115 e. The van der Waals surface area contributed by atoms with E-state index in [-0.39, 0.29) is 36.6 Å². The number of ether oxygens (including phenoxy) is 12. The van der Waals surface area contributed by atoms with Crippen LogP contribution in [0.4, 0.5) is 0 Å². The van der Waals surface area contributed by atoms with E-state index in [1.54, 1.807) is 0 Å². The van der Waals surface area contributed by atoms with Crippen molar-refractivity contribution >= 4 is 0 Å². The van der Waals surface area contributed by atoms with Crippen LogP contribution in [0, 0.1) is 0 Å². The Balaban J connectivity index is 1.16. The van der Waals surface area contributed by atoms with E-state index in [2.05, 4.69) is 0 Å². The molecule has 6 aliphatic rings. The molecule has 6 aliphatic heterocycles. The van der Waals surface area contributed by atoms with Gasteiger partial charge in [-0.25, -0.2) is 0 Å². The van der Waals surface area contributed by atoms with E-state index in [0.717, 1.165) is 13.2 Å². The second-order valence-electron chi connectivity index (χ2n) is 10.1. The first-order valence-electron chi connectivity index (χ1n) is 13.1. The number of rotatable bonds is 23. The Morgan fingerprint density at radius 3 is 1.00 bits per heavy atom. The molecule has 6 unspecified atom stereocenters. The van der Waals surface area contributed by atoms with E-state index in [1.165, 1.54) is 0 Å². The fourth-order valence-electron chi connectivity index (χ4n) is 3.82. The Kier molecular flexibility index (Phi) is 9.01. The van der Waals surface area contributed by atoms with Gasteiger partial charge in [-0.15, -0.1) is 0 Å². The summed E-state index contributed by atoms with van der Waals surface area (Å²) in [6.07, 6.45) is -1.12. The van der Waals surface area contributed by atoms with Crippen LogP contribution in [0.5, 0.6) is 0 Å². The quantitative estimate of drug-likeness (QED) is 0.153. The zero-order chi connectivity index (χ0) is 24.2. The fourth-order valence-corrected chi connectivity index (χ4v) is 3.82. The molecule has 0 bridgehead atoms. The van der Waals surface area contributed by atoms with Crippen molar-refractivity contribution in [2.75, 3.05) is 92.5 Å². The number of hydrogen-bond donors (Lipinski definition) is 0. The Morgan fingerprint density at radius 2 is 0.694 bits per heavy atom. The monoisotopic (exact) mass is 518 g/mol. The standard InChI is InChI=1S/C24H38O12/c1(15-3-27-15)25-13-21(33-9-17-5-29-17)23(35-11-19-7-31-19)24(36-12-20-8-32-20)22(34-10-18-6-30-18)14-26-2-16-4-28-16/h15-24H,1-14H2/t15?,16?,17?,18?,19?,20?,21-,22+,23-,24-/m1/s1. The number of epoxide rings is 6. The third-order valence-electron chi connectivity index (χ3n) is 6.58. The third kappa shape index (κ3) is 9.37. The molecule has 0 aliphatic carbocycles. The minimum atomic E-state index is -0.488. The molecule has 6 heterocycles. The lowest BCUT2D eigenvalue weighted by atomic mass is 10.0. The van der Waals surface area contributed by atoms with E-state index in [1.807, 2.05) is 0 Å². The highest BCUT2D eigenvalue weighted by Gasteiger charge is 2.43. The van der Waals surface area contributed by atoms with Gasteiger partial charge in [0.05, 0.1) is 92.5 Å². The van der Waals surface area contributed by atoms with Gasteiger partial charge in [0.15, 0.2) is 0 Å². The van der Waals surface area contributed by atoms with Crippen LogP contribution in [0.2, 0.25) is 0 Å². The lowest BCUT2D eigenvalue weighted by Gasteiger charge is -2.37. The van der Waals surface area contributed by atoms with Crippen LogP contribution in [0.25, 0.3) is 0 Å². The molecule has 12 nitrogen and oxygen atoms in total. The van der Waals surface area contributed by atoms with Crippen molar-refractivity contribution < 1.29 is 56.8 Å². The zero-order valence-electron chi connectivity index (χ0n) is 20.6. The van der Waals surface area contributed by atoms with Crippen molar-refractivity contribution in [2.24, 2.45) is 0 Å². The van der Waals surface area contributed by atoms with Crippen molar-refractivity contribution in [3.05, 3.63) is 0 Å². The molecule has 12 heteroatoms. The van der Waals surface area contributed by atoms with Gasteiger partial charge < -0.3 is 56.8 Å². The maximum atomic E-state index is 6.45. The molecular weight excluding hydrogens is 480 g/mol. The molecule has 36 heavy (non-hydrogen) atoms. The van der Waals surface area contributed by atoms with Crippen LogP contribution in [0.15, 0.2) is 0 Å². The molecule has 6 rings (SSSR count). The normalized spacial score (nSPS) is 36.7. The van der Waals surface area contributed by atoms with Crippen molar-refractivity contribution in [3.63, 3.8) is 0 Å². The molecule has 0 aromatic carbocycles. The smallest absolute Gasteiger partial charge is 0.115 e. The SMILES string of the molecule is C(OC[C@H](OCC1CO1)[C@@H](OCC1CO1)[C@H](OCC1CO1)[C@@H](COCC1CO1)OCC1CO1)C1CO1. The topological polar surface area (TPSA) is 131 Å². The van der Waals surface area contributed by atoms with Gasteiger partial charge in [-0.3, -0.25) is 0 Å². The van der Waals surface area contributed by atoms with Gasteiger partial charge >= 0.3 is 0 Å². The predicted molar refractivity (Wildman–Crippen MR) is 119 cm³/mol. The summed E-state index contributed by atoms with van der Waals surface area (Å²) in [5.74, 6) is 0. The van der Waals surface area contributed by atoms with Gasteiger partial charge in [0, 0.05) is 0 Å². The van der Waals surface area contributed by atoms with Crippen molar-refractivity contribution in [1.29, 1.82) is 0 Å². The average Bonchev–Trinajstić information content (AvgIpc) is 3.67. The Morgan fingerprint density at radius 1 is 0.417 bits per heavy atom. The number of hydrogen-bond acceptors (Lipinski definition) is 12. The van der Waals surface area contributed by atoms with Crippen molar-refractivity contribution in [1.82, 2.24) is 0 Å². The lowest BCUT2D eigenvalue weighted by molar-refractivity contribution is -0.200. The molecular formula is C24H38O12. The highest BCUT2D eigenvalue weighted by Crippen LogP contribution is 2.25. The van der Waals surface area contributed by atoms with Crippen LogP contribution in [-0.4, -0.2) is 154 Å². The van der Waals surface area contributed by atoms with Gasteiger partial charge in [-0.2, -0.15) is 0 Å². The van der Waals surface area contributed by atoms with Crippen LogP contribution >= 0.6 is 0 Å². The largest absolute Gasteiger partial charge is 0.376 e. The Labute approximate surface area is 210 Å². The summed E-state index contributed by atoms with van der Waals surface area (Å²) < 4.78 is 69.7. The summed E-state index contributed by atoms with van der Waals surface area (Å²) in [4.78, 5) is 0. The van der Waals surface area contributed by atoms with Crippen LogP contribution in [0.1, 0.15) is 0 Å². The predicted octanol–water partition coefficient (Wildman–Crippen LogP) is -1.05. The highest BCUT2D eigenvalue weighted by atomic mass is 16.7. The van der Waals surface area contributed by atoms with E-state index in [9.17, 15) is 0 Å². The van der Waals surface area contributed by atoms with Crippen molar-refractivity contribution in [2.45, 2.75) is 61.0 Å². The summed E-state index contributed by atoms with van der Waals surface area (Å²) in [6.45, 7) is 7.74. The van der Waals surface area contributed by atoms with Gasteiger partial charge in [0.1, 0.15) is 61.0 Å². The van der Waals surface area contributed by atoms with Crippen LogP contribution in [0.3, 0.4) is 0 Å². The van der Waals surface area contributed by atoms with Gasteiger partial charge in [0.2, 0.25) is 0 Å². The van der Waals surface area contributed by atoms with E-state index >= 15 is 0 Å². The summed E-state index contributed by atoms with van der Waals surface area (Å²) in [5, 5.41) is 0. The second-order valence-corrected chi connectivity index (χ2v) is 10.1. The molecule has 206 valence electrons. The first-order valence-corrected chi connectivity index (χ1v) is 13.1. The maximum absolute atomic E-state index is 6.45. The van der Waals surface area contributed by atoms with Gasteiger partial charge in [0.25, 0.3) is 0 Å². The molecule has 0 saturated carbocycles. The van der Waals surface area contributed by atoms with Crippen LogP contribution < -0.4 is 0 Å². The average molecular weight is 519 g/mol. The molecule has 6 fully saturated rings. The van der Waals surface area contributed by atoms with E-state index in [0.29, 0.717) is 79.3 Å². The summed E-state index contributed by atoms with van der Waals surface area (Å²) in [7, 11) is 0. The minimum Gasteiger partial charge on any atom is -0.376 e. The lowest BCUT2D eigenvalue weighted by Crippen LogP contribution is -2.53. The van der Waals surface area contributed by atoms with E-state index in [4.69, 9.17) is 56.8 Å². The molecule has 0 aromatic heterocycles. The third-order valence-corrected chi connectivity index (χ3v) is 6.58. The van der Waals surface area contributed by atoms with E-state index < -0.39 is 24.4 Å². The molecule has 0 amide bonds. The molecule has 0 aromatic rings. The zero-order valence-corrected chi connectivity index (χ0v) is 20.6. The molecule has 0 spiro atoms. The highest BCUT2D eigenvalue weighted by molar-refractivity contribution is 4.90. The van der Waals surface area contributed by atoms with Crippen molar-refractivity contribution in [3.8, 4) is 0 Å². The minimum absolute atomic E-state index is 0.0793. The Hall–Kier alpha value is -0.480. The summed E-state index contributed by atoms with van der Waals surface area (Å²) >= 11 is 0. The molecule has 10 atom stereocenters. The van der Waals surface area contributed by atoms with Gasteiger partial charge in [-0.1, -0.05) is 0 Å². The first-order chi connectivity index (χ1) is 17.8. The summed E-state index contributed by atoms with van der Waals surface area (Å²) in [6, 6.07) is 0. The molecule has 6 saturated heterocycles. The van der Waals surface area contributed by atoms with Gasteiger partial charge in [-0.05, 0) is 0 Å². The van der Waals surface area contributed by atoms with Crippen LogP contribution in [-0.2, 0) is 56.8 Å². The molecule has 0 N–H and O–H groups in total. The summed E-state index contributed by atoms with van der Waals surface area (Å²) in [5.41, 5.74) is 0.